The van der Waals surface area contributed by atoms with Crippen molar-refractivity contribution in [2.45, 2.75) is 58.5 Å². The zero-order valence-corrected chi connectivity index (χ0v) is 18.1. The molecule has 3 atom stereocenters. The van der Waals surface area contributed by atoms with Crippen molar-refractivity contribution in [1.29, 1.82) is 0 Å². The van der Waals surface area contributed by atoms with E-state index in [-0.39, 0.29) is 18.0 Å². The molecule has 0 aliphatic carbocycles. The SMILES string of the molecule is Cc1cc(C)nc(CC2CC3CCC2N3C(=O)c2nc(C)ccc2-c2ncccn2)n1. The molecule has 0 saturated carbocycles. The lowest BCUT2D eigenvalue weighted by atomic mass is 9.86. The van der Waals surface area contributed by atoms with Gasteiger partial charge in [-0.3, -0.25) is 4.79 Å². The molecular formula is C24H26N6O. The summed E-state index contributed by atoms with van der Waals surface area (Å²) < 4.78 is 0. The van der Waals surface area contributed by atoms with Gasteiger partial charge in [0.15, 0.2) is 5.82 Å². The Hall–Kier alpha value is -3.22. The monoisotopic (exact) mass is 414 g/mol. The molecule has 3 unspecified atom stereocenters. The summed E-state index contributed by atoms with van der Waals surface area (Å²) in [5, 5.41) is 0. The fraction of sp³-hybridized carbons (Fsp3) is 0.417. The molecule has 3 aromatic heterocycles. The molecule has 2 saturated heterocycles. The van der Waals surface area contributed by atoms with Crippen molar-refractivity contribution in [2.75, 3.05) is 0 Å². The van der Waals surface area contributed by atoms with Crippen LogP contribution < -0.4 is 0 Å². The van der Waals surface area contributed by atoms with Gasteiger partial charge in [-0.05, 0) is 70.2 Å². The van der Waals surface area contributed by atoms with Gasteiger partial charge in [0.25, 0.3) is 5.91 Å². The summed E-state index contributed by atoms with van der Waals surface area (Å²) in [6.45, 7) is 5.92. The maximum atomic E-state index is 13.7. The van der Waals surface area contributed by atoms with Crippen LogP contribution >= 0.6 is 0 Å². The first kappa shape index (κ1) is 19.7. The molecule has 7 nitrogen and oxygen atoms in total. The highest BCUT2D eigenvalue weighted by molar-refractivity contribution is 5.99. The van der Waals surface area contributed by atoms with Crippen LogP contribution in [-0.4, -0.2) is 47.8 Å². The highest BCUT2D eigenvalue weighted by Crippen LogP contribution is 2.44. The van der Waals surface area contributed by atoms with Gasteiger partial charge in [-0.1, -0.05) is 0 Å². The summed E-state index contributed by atoms with van der Waals surface area (Å²) in [6, 6.07) is 8.03. The summed E-state index contributed by atoms with van der Waals surface area (Å²) in [6.07, 6.45) is 7.25. The Morgan fingerprint density at radius 1 is 1.00 bits per heavy atom. The highest BCUT2D eigenvalue weighted by Gasteiger charge is 2.49. The largest absolute Gasteiger partial charge is 0.331 e. The van der Waals surface area contributed by atoms with Gasteiger partial charge in [-0.15, -0.1) is 0 Å². The van der Waals surface area contributed by atoms with E-state index in [0.29, 0.717) is 23.0 Å². The maximum Gasteiger partial charge on any atom is 0.273 e. The normalized spacial score (nSPS) is 22.2. The molecule has 5 heterocycles. The fourth-order valence-corrected chi connectivity index (χ4v) is 5.23. The molecule has 5 rings (SSSR count). The number of rotatable bonds is 4. The van der Waals surface area contributed by atoms with Crippen LogP contribution in [0.3, 0.4) is 0 Å². The third-order valence-corrected chi connectivity index (χ3v) is 6.42. The summed E-state index contributed by atoms with van der Waals surface area (Å²) in [5.74, 6) is 1.78. The molecular weight excluding hydrogens is 388 g/mol. The highest BCUT2D eigenvalue weighted by atomic mass is 16.2. The molecule has 158 valence electrons. The summed E-state index contributed by atoms with van der Waals surface area (Å²) in [5.41, 5.74) is 3.95. The number of carbonyl (C=O) groups is 1. The van der Waals surface area contributed by atoms with Gasteiger partial charge in [0.2, 0.25) is 0 Å². The Balaban J connectivity index is 1.44. The fourth-order valence-electron chi connectivity index (χ4n) is 5.23. The standard InChI is InChI=1S/C24H26N6O/c1-14-5-7-19(23-25-9-4-10-26-23)22(29-14)24(31)30-18-6-8-20(30)17(12-18)13-21-27-15(2)11-16(3)28-21/h4-5,7,9-11,17-18,20H,6,8,12-13H2,1-3H3. The smallest absolute Gasteiger partial charge is 0.273 e. The Morgan fingerprint density at radius 3 is 2.48 bits per heavy atom. The van der Waals surface area contributed by atoms with E-state index in [2.05, 4.69) is 29.8 Å². The van der Waals surface area contributed by atoms with Crippen molar-refractivity contribution in [2.24, 2.45) is 5.92 Å². The molecule has 2 aliphatic rings. The second-order valence-electron chi connectivity index (χ2n) is 8.70. The van der Waals surface area contributed by atoms with Crippen LogP contribution in [0.2, 0.25) is 0 Å². The van der Waals surface area contributed by atoms with Gasteiger partial charge < -0.3 is 4.90 Å². The number of amides is 1. The molecule has 3 aromatic rings. The third-order valence-electron chi connectivity index (χ3n) is 6.42. The van der Waals surface area contributed by atoms with Gasteiger partial charge in [0.05, 0.1) is 5.56 Å². The van der Waals surface area contributed by atoms with E-state index in [1.54, 1.807) is 18.5 Å². The Labute approximate surface area is 182 Å². The molecule has 2 aliphatic heterocycles. The molecule has 0 spiro atoms. The lowest BCUT2D eigenvalue weighted by Gasteiger charge is -2.25. The van der Waals surface area contributed by atoms with Crippen molar-refractivity contribution in [3.05, 3.63) is 65.3 Å². The average molecular weight is 415 g/mol. The van der Waals surface area contributed by atoms with Crippen LogP contribution in [0.5, 0.6) is 0 Å². The zero-order valence-electron chi connectivity index (χ0n) is 18.1. The minimum Gasteiger partial charge on any atom is -0.331 e. The lowest BCUT2D eigenvalue weighted by Crippen LogP contribution is -2.37. The van der Waals surface area contributed by atoms with Crippen molar-refractivity contribution in [3.63, 3.8) is 0 Å². The molecule has 31 heavy (non-hydrogen) atoms. The quantitative estimate of drug-likeness (QED) is 0.650. The maximum absolute atomic E-state index is 13.7. The van der Waals surface area contributed by atoms with E-state index >= 15 is 0 Å². The molecule has 0 aromatic carbocycles. The van der Waals surface area contributed by atoms with Crippen LogP contribution in [0.15, 0.2) is 36.7 Å². The van der Waals surface area contributed by atoms with Crippen LogP contribution in [0.25, 0.3) is 11.4 Å². The first-order valence-corrected chi connectivity index (χ1v) is 10.9. The van der Waals surface area contributed by atoms with Gasteiger partial charge in [-0.25, -0.2) is 24.9 Å². The van der Waals surface area contributed by atoms with Crippen LogP contribution in [0.1, 0.15) is 52.7 Å². The first-order valence-electron chi connectivity index (χ1n) is 10.9. The lowest BCUT2D eigenvalue weighted by molar-refractivity contribution is 0.0713. The van der Waals surface area contributed by atoms with Gasteiger partial charge in [0, 0.05) is 48.0 Å². The second kappa shape index (κ2) is 7.80. The Morgan fingerprint density at radius 2 is 1.74 bits per heavy atom. The molecule has 2 bridgehead atoms. The van der Waals surface area contributed by atoms with E-state index in [9.17, 15) is 4.79 Å². The topological polar surface area (TPSA) is 84.8 Å². The number of pyridine rings is 1. The number of carbonyl (C=O) groups excluding carboxylic acids is 1. The van der Waals surface area contributed by atoms with E-state index < -0.39 is 0 Å². The summed E-state index contributed by atoms with van der Waals surface area (Å²) >= 11 is 0. The third kappa shape index (κ3) is 3.69. The van der Waals surface area contributed by atoms with Crippen LogP contribution in [0.4, 0.5) is 0 Å². The second-order valence-corrected chi connectivity index (χ2v) is 8.70. The molecule has 0 radical (unpaired) electrons. The minimum atomic E-state index is -0.0116. The van der Waals surface area contributed by atoms with E-state index in [4.69, 9.17) is 0 Å². The number of hydrogen-bond acceptors (Lipinski definition) is 6. The van der Waals surface area contributed by atoms with Crippen molar-refractivity contribution in [3.8, 4) is 11.4 Å². The van der Waals surface area contributed by atoms with Crippen LogP contribution in [0, 0.1) is 26.7 Å². The number of fused-ring (bicyclic) bond motifs is 2. The summed E-state index contributed by atoms with van der Waals surface area (Å²) in [7, 11) is 0. The Bertz CT molecular complexity index is 1110. The van der Waals surface area contributed by atoms with E-state index in [0.717, 1.165) is 48.6 Å². The predicted octanol–water partition coefficient (Wildman–Crippen LogP) is 3.49. The zero-order chi connectivity index (χ0) is 21.5. The van der Waals surface area contributed by atoms with Crippen LogP contribution in [-0.2, 0) is 6.42 Å². The molecule has 0 N–H and O–H groups in total. The van der Waals surface area contributed by atoms with Crippen molar-refractivity contribution < 1.29 is 4.79 Å². The number of hydrogen-bond donors (Lipinski definition) is 0. The Kier molecular flexibility index (Phi) is 4.96. The molecule has 7 heteroatoms. The van der Waals surface area contributed by atoms with E-state index in [1.807, 2.05) is 39.0 Å². The number of nitrogens with zero attached hydrogens (tertiary/aromatic N) is 6. The first-order chi connectivity index (χ1) is 15.0. The number of aryl methyl sites for hydroxylation is 3. The number of aromatic nitrogens is 5. The predicted molar refractivity (Wildman–Crippen MR) is 116 cm³/mol. The van der Waals surface area contributed by atoms with E-state index in [1.165, 1.54) is 0 Å². The summed E-state index contributed by atoms with van der Waals surface area (Å²) in [4.78, 5) is 38.4. The minimum absolute atomic E-state index is 0.0116. The average Bonchev–Trinajstić information content (AvgIpc) is 3.31. The van der Waals surface area contributed by atoms with Gasteiger partial charge in [-0.2, -0.15) is 0 Å². The van der Waals surface area contributed by atoms with Crippen molar-refractivity contribution >= 4 is 5.91 Å². The van der Waals surface area contributed by atoms with Gasteiger partial charge in [0.1, 0.15) is 11.5 Å². The molecule has 1 amide bonds. The molecule has 2 fully saturated rings. The van der Waals surface area contributed by atoms with Gasteiger partial charge >= 0.3 is 0 Å². The van der Waals surface area contributed by atoms with Crippen molar-refractivity contribution in [1.82, 2.24) is 29.8 Å².